The fourth-order valence-corrected chi connectivity index (χ4v) is 12.5. The molecular weight excluding hydrogens is 1130 g/mol. The van der Waals surface area contributed by atoms with Crippen molar-refractivity contribution < 1.29 is 53.0 Å². The van der Waals surface area contributed by atoms with Gasteiger partial charge < -0.3 is 50.3 Å². The number of rotatable bonds is 14. The van der Waals surface area contributed by atoms with Gasteiger partial charge in [-0.3, -0.25) is 43.3 Å². The number of nitrogens with one attached hydrogen (secondary N) is 3. The number of fused-ring (bicyclic) bond motifs is 2. The van der Waals surface area contributed by atoms with E-state index in [4.69, 9.17) is 4.74 Å². The summed E-state index contributed by atoms with van der Waals surface area (Å²) in [4.78, 5) is 147. The summed E-state index contributed by atoms with van der Waals surface area (Å²) < 4.78 is 6.14. The number of esters is 1. The van der Waals surface area contributed by atoms with E-state index in [1.54, 1.807) is 59.9 Å². The van der Waals surface area contributed by atoms with Crippen LogP contribution in [0, 0.1) is 29.6 Å². The highest BCUT2D eigenvalue weighted by molar-refractivity contribution is 5.99. The molecule has 2 aliphatic rings. The van der Waals surface area contributed by atoms with Crippen molar-refractivity contribution in [2.24, 2.45) is 29.6 Å². The third kappa shape index (κ3) is 17.0. The standard InChI is InChI=1S/C69H97N9O11/c1-17-43(9)55-66(85)75(14)56(41(5)6)61(80)71-51(34-40(3)4)64(83)77(16)59(69(11,12)88)68(87)89-58(44(10)18-2)67(86)76(15)57(42(7)8)62(81)72-52(36-45-26-20-19-21-27-45)63(82)74(13)54(65(84)78-33-25-32-53(78)60(79)73-55)37-46-28-24-30-47(35-46)49-38-48-29-22-23-31-50(48)70-39-49/h19-24,26-31,35,38-44,51-59,88H,17-18,25,32-34,36-37H2,1-16H3,(H,71,80)(H,72,81)(H,73,79)/t43-,44-,51-,52-,53-,54-,55-,56-,57-,58+,59+/m0/s1. The van der Waals surface area contributed by atoms with Crippen LogP contribution in [-0.4, -0.2) is 183 Å². The molecule has 1 aromatic heterocycles. The van der Waals surface area contributed by atoms with Gasteiger partial charge in [-0.25, -0.2) is 4.79 Å². The molecule has 11 atom stereocenters. The highest BCUT2D eigenvalue weighted by Crippen LogP contribution is 2.29. The zero-order valence-electron chi connectivity index (χ0n) is 55.1. The molecule has 20 heteroatoms. The molecular formula is C69H97N9O11. The molecule has 3 heterocycles. The number of carbonyl (C=O) groups is 9. The highest BCUT2D eigenvalue weighted by Gasteiger charge is 2.48. The minimum Gasteiger partial charge on any atom is -0.450 e. The zero-order valence-corrected chi connectivity index (χ0v) is 55.1. The lowest BCUT2D eigenvalue weighted by molar-refractivity contribution is -0.177. The van der Waals surface area contributed by atoms with Gasteiger partial charge >= 0.3 is 5.97 Å². The number of nitrogens with zero attached hydrogens (tertiary/aromatic N) is 6. The van der Waals surface area contributed by atoms with Crippen molar-refractivity contribution in [3.05, 3.63) is 102 Å². The summed E-state index contributed by atoms with van der Waals surface area (Å²) in [7, 11) is 5.68. The molecule has 2 fully saturated rings. The zero-order chi connectivity index (χ0) is 65.9. The van der Waals surface area contributed by atoms with Crippen LogP contribution >= 0.6 is 0 Å². The number of ether oxygens (including phenoxy) is 1. The number of hydrogen-bond acceptors (Lipinski definition) is 12. The first-order valence-corrected chi connectivity index (χ1v) is 31.6. The second kappa shape index (κ2) is 30.6. The van der Waals surface area contributed by atoms with Crippen molar-refractivity contribution in [2.75, 3.05) is 34.7 Å². The topological polar surface area (TPSA) is 248 Å². The van der Waals surface area contributed by atoms with E-state index in [2.05, 4.69) is 20.9 Å². The van der Waals surface area contributed by atoms with Gasteiger partial charge in [0.2, 0.25) is 41.4 Å². The van der Waals surface area contributed by atoms with E-state index in [9.17, 15) is 19.5 Å². The van der Waals surface area contributed by atoms with Crippen LogP contribution < -0.4 is 16.0 Å². The maximum atomic E-state index is 15.8. The Morgan fingerprint density at radius 3 is 1.76 bits per heavy atom. The number of aliphatic hydroxyl groups is 1. The summed E-state index contributed by atoms with van der Waals surface area (Å²) >= 11 is 0. The van der Waals surface area contributed by atoms with Crippen LogP contribution in [0.15, 0.2) is 91.1 Å². The number of carbonyl (C=O) groups excluding carboxylic acids is 9. The average Bonchev–Trinajstić information content (AvgIpc) is 2.39. The Balaban J connectivity index is 1.52. The minimum absolute atomic E-state index is 0.0283. The summed E-state index contributed by atoms with van der Waals surface area (Å²) in [5.74, 6) is -8.88. The Kier molecular flexibility index (Phi) is 24.2. The summed E-state index contributed by atoms with van der Waals surface area (Å²) in [6, 6.07) is 16.1. The molecule has 3 aromatic carbocycles. The quantitative estimate of drug-likeness (QED) is 0.0978. The first kappa shape index (κ1) is 70.3. The van der Waals surface area contributed by atoms with E-state index >= 15 is 28.8 Å². The molecule has 4 aromatic rings. The summed E-state index contributed by atoms with van der Waals surface area (Å²) in [6.45, 7) is 20.6. The maximum absolute atomic E-state index is 15.8. The number of cyclic esters (lactones) is 1. The summed E-state index contributed by atoms with van der Waals surface area (Å²) in [5.41, 5.74) is 1.82. The second-order valence-electron chi connectivity index (χ2n) is 26.3. The van der Waals surface area contributed by atoms with Gasteiger partial charge in [0.15, 0.2) is 12.1 Å². The lowest BCUT2D eigenvalue weighted by Gasteiger charge is -2.39. The van der Waals surface area contributed by atoms with E-state index < -0.39 is 137 Å². The van der Waals surface area contributed by atoms with Crippen molar-refractivity contribution >= 4 is 64.1 Å². The number of para-hydroxylation sites is 1. The van der Waals surface area contributed by atoms with Gasteiger partial charge in [-0.1, -0.05) is 148 Å². The van der Waals surface area contributed by atoms with Gasteiger partial charge in [0, 0.05) is 70.6 Å². The molecule has 0 radical (unpaired) electrons. The van der Waals surface area contributed by atoms with Crippen molar-refractivity contribution in [3.63, 3.8) is 0 Å². The predicted molar refractivity (Wildman–Crippen MR) is 342 cm³/mol. The van der Waals surface area contributed by atoms with E-state index in [1.165, 1.54) is 61.6 Å². The average molecular weight is 1230 g/mol. The SMILES string of the molecule is CC[C@H](C)[C@@H]1NC(=O)[C@@H]2CCCN2C(=O)[C@H](Cc2cccc(-c3cnc4ccccc4c3)c2)N(C)C(=O)[C@H](Cc2ccccc2)NC(=O)[C@H](C(C)C)N(C)C(=O)[C@@H]([C@@H](C)CC)OC(=O)[C@H](C(C)(C)O)N(C)C(=O)[C@H](CC(C)C)NC(=O)[C@H](C(C)C)N(C)C1=O. The largest absolute Gasteiger partial charge is 0.450 e. The van der Waals surface area contributed by atoms with Gasteiger partial charge in [-0.05, 0) is 92.0 Å². The first-order chi connectivity index (χ1) is 41.9. The van der Waals surface area contributed by atoms with Crippen molar-refractivity contribution in [1.29, 1.82) is 0 Å². The number of likely N-dealkylation sites (N-methyl/N-ethyl adjacent to an activating group) is 4. The van der Waals surface area contributed by atoms with Crippen LogP contribution in [0.5, 0.6) is 0 Å². The smallest absolute Gasteiger partial charge is 0.332 e. The van der Waals surface area contributed by atoms with Crippen molar-refractivity contribution in [3.8, 4) is 11.1 Å². The van der Waals surface area contributed by atoms with Gasteiger partial charge in [0.05, 0.1) is 11.1 Å². The highest BCUT2D eigenvalue weighted by atomic mass is 16.6. The number of aromatic nitrogens is 1. The molecule has 0 bridgehead atoms. The van der Waals surface area contributed by atoms with Gasteiger partial charge in [0.25, 0.3) is 5.91 Å². The molecule has 20 nitrogen and oxygen atoms in total. The molecule has 0 spiro atoms. The van der Waals surface area contributed by atoms with Crippen LogP contribution in [0.25, 0.3) is 22.0 Å². The van der Waals surface area contributed by atoms with E-state index in [-0.39, 0.29) is 38.1 Å². The van der Waals surface area contributed by atoms with E-state index in [1.807, 2.05) is 100 Å². The third-order valence-electron chi connectivity index (χ3n) is 17.8. The molecule has 2 aliphatic heterocycles. The lowest BCUT2D eigenvalue weighted by Crippen LogP contribution is -2.63. The van der Waals surface area contributed by atoms with Crippen LogP contribution in [0.2, 0.25) is 0 Å². The number of hydrogen-bond donors (Lipinski definition) is 4. The Morgan fingerprint density at radius 2 is 1.17 bits per heavy atom. The molecule has 0 aliphatic carbocycles. The van der Waals surface area contributed by atoms with Crippen LogP contribution in [0.4, 0.5) is 0 Å². The fourth-order valence-electron chi connectivity index (χ4n) is 12.5. The van der Waals surface area contributed by atoms with E-state index in [0.717, 1.165) is 26.9 Å². The lowest BCUT2D eigenvalue weighted by atomic mass is 9.93. The fraction of sp³-hybridized carbons (Fsp3) is 0.565. The molecule has 0 unspecified atom stereocenters. The second-order valence-corrected chi connectivity index (χ2v) is 26.3. The Morgan fingerprint density at radius 1 is 0.596 bits per heavy atom. The minimum atomic E-state index is -1.99. The molecule has 4 N–H and O–H groups in total. The van der Waals surface area contributed by atoms with Crippen molar-refractivity contribution in [2.45, 2.75) is 188 Å². The number of amides is 8. The number of benzene rings is 3. The molecule has 6 rings (SSSR count). The third-order valence-corrected chi connectivity index (χ3v) is 17.8. The number of pyridine rings is 1. The molecule has 8 amide bonds. The maximum Gasteiger partial charge on any atom is 0.332 e. The normalized spacial score (nSPS) is 24.9. The van der Waals surface area contributed by atoms with Gasteiger partial charge in [0.1, 0.15) is 42.3 Å². The predicted octanol–water partition coefficient (Wildman–Crippen LogP) is 6.59. The summed E-state index contributed by atoms with van der Waals surface area (Å²) in [5, 5.41) is 21.6. The first-order valence-electron chi connectivity index (χ1n) is 31.6. The van der Waals surface area contributed by atoms with Gasteiger partial charge in [-0.15, -0.1) is 0 Å². The Hall–Kier alpha value is -7.74. The Bertz CT molecular complexity index is 3160. The van der Waals surface area contributed by atoms with E-state index in [0.29, 0.717) is 30.4 Å². The Labute approximate surface area is 526 Å². The van der Waals surface area contributed by atoms with Crippen LogP contribution in [0.3, 0.4) is 0 Å². The van der Waals surface area contributed by atoms with Gasteiger partial charge in [-0.2, -0.15) is 0 Å². The molecule has 2 saturated heterocycles. The van der Waals surface area contributed by atoms with Crippen LogP contribution in [-0.2, 0) is 60.7 Å². The van der Waals surface area contributed by atoms with Crippen molar-refractivity contribution in [1.82, 2.24) is 45.4 Å². The molecule has 89 heavy (non-hydrogen) atoms. The monoisotopic (exact) mass is 1230 g/mol. The molecule has 484 valence electrons. The van der Waals surface area contributed by atoms with Crippen LogP contribution in [0.1, 0.15) is 126 Å². The summed E-state index contributed by atoms with van der Waals surface area (Å²) in [6.07, 6.45) is 1.66. The molecule has 0 saturated carbocycles.